The molecule has 0 saturated heterocycles. The molecule has 0 spiro atoms. The molecule has 0 aliphatic heterocycles. The fraction of sp³-hybridized carbons (Fsp3) is 0.0400. The largest absolute Gasteiger partial charge is 0.497 e. The van der Waals surface area contributed by atoms with E-state index in [1.807, 2.05) is 42.5 Å². The van der Waals surface area contributed by atoms with Gasteiger partial charge in [-0.2, -0.15) is 0 Å². The standard InChI is InChI=1S/C25H15NO4/c1-29-15-7-11-20-19(13-15)16-8-9-17-22-18(10-12-21(30-20)23(16)22)25(28)26(24(17)27)14-5-3-2-4-6-14/h2-13H,1H3. The Bertz CT molecular complexity index is 1680. The molecule has 0 fully saturated rings. The van der Waals surface area contributed by atoms with Gasteiger partial charge in [0, 0.05) is 26.9 Å². The molecule has 6 rings (SSSR count). The van der Waals surface area contributed by atoms with Crippen molar-refractivity contribution in [1.82, 2.24) is 4.57 Å². The first-order chi connectivity index (χ1) is 14.7. The van der Waals surface area contributed by atoms with E-state index in [0.717, 1.165) is 16.2 Å². The number of hydrogen-bond acceptors (Lipinski definition) is 4. The highest BCUT2D eigenvalue weighted by Crippen LogP contribution is 2.37. The average Bonchev–Trinajstić information content (AvgIpc) is 2.79. The van der Waals surface area contributed by atoms with Crippen LogP contribution >= 0.6 is 0 Å². The summed E-state index contributed by atoms with van der Waals surface area (Å²) in [4.78, 5) is 26.7. The van der Waals surface area contributed by atoms with Crippen molar-refractivity contribution in [3.05, 3.63) is 93.5 Å². The predicted octanol–water partition coefficient (Wildman–Crippen LogP) is 4.85. The molecule has 144 valence electrons. The van der Waals surface area contributed by atoms with Crippen LogP contribution in [0.25, 0.3) is 49.2 Å². The number of aromatic nitrogens is 1. The quantitative estimate of drug-likeness (QED) is 0.312. The van der Waals surface area contributed by atoms with Crippen molar-refractivity contribution < 1.29 is 9.15 Å². The van der Waals surface area contributed by atoms with Crippen LogP contribution in [0.15, 0.2) is 86.8 Å². The SMILES string of the molecule is COc1ccc2oc3ccc4c(=O)n(-c5ccccc5)c(=O)c5ccc(c2c1)c3c45. The molecule has 2 heterocycles. The number of para-hydroxylation sites is 1. The van der Waals surface area contributed by atoms with Crippen LogP contribution < -0.4 is 15.9 Å². The van der Waals surface area contributed by atoms with Gasteiger partial charge >= 0.3 is 0 Å². The second-order valence-corrected chi connectivity index (χ2v) is 7.27. The average molecular weight is 393 g/mol. The number of rotatable bonds is 2. The van der Waals surface area contributed by atoms with Gasteiger partial charge in [-0.25, -0.2) is 4.57 Å². The molecule has 0 aliphatic carbocycles. The van der Waals surface area contributed by atoms with Gasteiger partial charge in [-0.05, 0) is 53.9 Å². The molecule has 4 aromatic carbocycles. The summed E-state index contributed by atoms with van der Waals surface area (Å²) in [5.41, 5.74) is 1.23. The summed E-state index contributed by atoms with van der Waals surface area (Å²) in [6, 6.07) is 21.9. The molecule has 0 radical (unpaired) electrons. The Labute approximate surface area is 169 Å². The lowest BCUT2D eigenvalue weighted by atomic mass is 9.96. The second-order valence-electron chi connectivity index (χ2n) is 7.27. The number of hydrogen-bond donors (Lipinski definition) is 0. The molecule has 0 unspecified atom stereocenters. The molecule has 0 aliphatic rings. The second kappa shape index (κ2) is 5.94. The highest BCUT2D eigenvalue weighted by Gasteiger charge is 2.19. The van der Waals surface area contributed by atoms with E-state index in [1.54, 1.807) is 37.4 Å². The molecular formula is C25H15NO4. The van der Waals surface area contributed by atoms with Crippen LogP contribution in [0, 0.1) is 0 Å². The predicted molar refractivity (Wildman–Crippen MR) is 118 cm³/mol. The van der Waals surface area contributed by atoms with Gasteiger partial charge in [0.15, 0.2) is 0 Å². The summed E-state index contributed by atoms with van der Waals surface area (Å²) in [6.45, 7) is 0. The third kappa shape index (κ3) is 2.12. The zero-order valence-electron chi connectivity index (χ0n) is 16.0. The molecular weight excluding hydrogens is 378 g/mol. The van der Waals surface area contributed by atoms with Crippen molar-refractivity contribution >= 4 is 43.5 Å². The highest BCUT2D eigenvalue weighted by atomic mass is 16.5. The molecule has 2 aromatic heterocycles. The van der Waals surface area contributed by atoms with E-state index >= 15 is 0 Å². The van der Waals surface area contributed by atoms with E-state index in [4.69, 9.17) is 9.15 Å². The monoisotopic (exact) mass is 393 g/mol. The van der Waals surface area contributed by atoms with Gasteiger partial charge in [0.05, 0.1) is 12.8 Å². The van der Waals surface area contributed by atoms with Gasteiger partial charge in [-0.3, -0.25) is 9.59 Å². The Hall–Kier alpha value is -4.12. The Morgan fingerprint density at radius 2 is 1.37 bits per heavy atom. The minimum Gasteiger partial charge on any atom is -0.497 e. The van der Waals surface area contributed by atoms with E-state index in [-0.39, 0.29) is 11.1 Å². The van der Waals surface area contributed by atoms with Crippen LogP contribution in [0.5, 0.6) is 5.75 Å². The minimum absolute atomic E-state index is 0.334. The topological polar surface area (TPSA) is 61.4 Å². The maximum Gasteiger partial charge on any atom is 0.265 e. The first kappa shape index (κ1) is 16.8. The van der Waals surface area contributed by atoms with Crippen molar-refractivity contribution in [2.75, 3.05) is 7.11 Å². The molecule has 0 bridgehead atoms. The van der Waals surface area contributed by atoms with Crippen molar-refractivity contribution in [3.8, 4) is 11.4 Å². The maximum absolute atomic E-state index is 13.3. The van der Waals surface area contributed by atoms with Gasteiger partial charge in [0.1, 0.15) is 16.9 Å². The molecule has 30 heavy (non-hydrogen) atoms. The van der Waals surface area contributed by atoms with E-state index in [2.05, 4.69) is 0 Å². The van der Waals surface area contributed by atoms with Gasteiger partial charge in [-0.1, -0.05) is 24.3 Å². The molecule has 6 aromatic rings. The van der Waals surface area contributed by atoms with E-state index in [1.165, 1.54) is 4.57 Å². The maximum atomic E-state index is 13.3. The molecule has 0 amide bonds. The Morgan fingerprint density at radius 3 is 2.10 bits per heavy atom. The lowest BCUT2D eigenvalue weighted by molar-refractivity contribution is 0.415. The number of nitrogens with zero attached hydrogens (tertiary/aromatic N) is 1. The first-order valence-corrected chi connectivity index (χ1v) is 9.57. The van der Waals surface area contributed by atoms with Gasteiger partial charge in [0.25, 0.3) is 11.1 Å². The van der Waals surface area contributed by atoms with Crippen molar-refractivity contribution in [2.45, 2.75) is 0 Å². The number of ether oxygens (including phenoxy) is 1. The van der Waals surface area contributed by atoms with Crippen LogP contribution in [-0.2, 0) is 0 Å². The van der Waals surface area contributed by atoms with Gasteiger partial charge < -0.3 is 9.15 Å². The summed E-state index contributed by atoms with van der Waals surface area (Å²) < 4.78 is 12.7. The zero-order chi connectivity index (χ0) is 20.4. The van der Waals surface area contributed by atoms with E-state index in [9.17, 15) is 9.59 Å². The molecule has 0 N–H and O–H groups in total. The lowest BCUT2D eigenvalue weighted by Gasteiger charge is -2.14. The lowest BCUT2D eigenvalue weighted by Crippen LogP contribution is -2.31. The molecule has 5 heteroatoms. The van der Waals surface area contributed by atoms with Crippen LogP contribution in [0.2, 0.25) is 0 Å². The number of pyridine rings is 1. The fourth-order valence-electron chi connectivity index (χ4n) is 4.33. The Kier molecular flexibility index (Phi) is 3.33. The summed E-state index contributed by atoms with van der Waals surface area (Å²) in [5, 5.41) is 4.18. The number of fused-ring (bicyclic) bond motifs is 2. The van der Waals surface area contributed by atoms with Crippen LogP contribution in [0.3, 0.4) is 0 Å². The summed E-state index contributed by atoms with van der Waals surface area (Å²) in [5.74, 6) is 0.712. The number of methoxy groups -OCH3 is 1. The minimum atomic E-state index is -0.334. The fourth-order valence-corrected chi connectivity index (χ4v) is 4.33. The Morgan fingerprint density at radius 1 is 0.700 bits per heavy atom. The van der Waals surface area contributed by atoms with E-state index in [0.29, 0.717) is 38.8 Å². The van der Waals surface area contributed by atoms with Crippen molar-refractivity contribution in [3.63, 3.8) is 0 Å². The van der Waals surface area contributed by atoms with Crippen LogP contribution in [0.4, 0.5) is 0 Å². The summed E-state index contributed by atoms with van der Waals surface area (Å²) >= 11 is 0. The third-order valence-corrected chi connectivity index (χ3v) is 5.70. The van der Waals surface area contributed by atoms with Crippen molar-refractivity contribution in [1.29, 1.82) is 0 Å². The Balaban J connectivity index is 1.85. The molecule has 0 atom stereocenters. The smallest absolute Gasteiger partial charge is 0.265 e. The zero-order valence-corrected chi connectivity index (χ0v) is 16.0. The number of benzene rings is 4. The van der Waals surface area contributed by atoms with Gasteiger partial charge in [-0.15, -0.1) is 0 Å². The highest BCUT2D eigenvalue weighted by molar-refractivity contribution is 6.26. The normalized spacial score (nSPS) is 11.8. The summed E-state index contributed by atoms with van der Waals surface area (Å²) in [6.07, 6.45) is 0. The van der Waals surface area contributed by atoms with Gasteiger partial charge in [0.2, 0.25) is 0 Å². The van der Waals surface area contributed by atoms with Crippen molar-refractivity contribution in [2.24, 2.45) is 0 Å². The van der Waals surface area contributed by atoms with E-state index < -0.39 is 0 Å². The van der Waals surface area contributed by atoms with Crippen LogP contribution in [-0.4, -0.2) is 11.7 Å². The molecule has 0 saturated carbocycles. The third-order valence-electron chi connectivity index (χ3n) is 5.70. The molecule has 5 nitrogen and oxygen atoms in total. The first-order valence-electron chi connectivity index (χ1n) is 9.57. The summed E-state index contributed by atoms with van der Waals surface area (Å²) in [7, 11) is 1.62. The van der Waals surface area contributed by atoms with Crippen LogP contribution in [0.1, 0.15) is 0 Å².